The Bertz CT molecular complexity index is 383. The van der Waals surface area contributed by atoms with Crippen molar-refractivity contribution in [2.45, 2.75) is 6.92 Å². The van der Waals surface area contributed by atoms with E-state index in [1.165, 1.54) is 12.4 Å². The first-order valence-electron chi connectivity index (χ1n) is 5.91. The van der Waals surface area contributed by atoms with Gasteiger partial charge in [-0.2, -0.15) is 4.73 Å². The average Bonchev–Trinajstić information content (AvgIpc) is 2.39. The van der Waals surface area contributed by atoms with Gasteiger partial charge in [0.1, 0.15) is 0 Å². The molecule has 1 amide bonds. The second-order valence-electron chi connectivity index (χ2n) is 4.17. The Balaban J connectivity index is 1.99. The number of carbonyl (C=O) groups excluding carboxylic acids is 1. The Kier molecular flexibility index (Phi) is 3.58. The van der Waals surface area contributed by atoms with E-state index in [4.69, 9.17) is 0 Å². The van der Waals surface area contributed by atoms with Gasteiger partial charge in [-0.25, -0.2) is 0 Å². The zero-order valence-corrected chi connectivity index (χ0v) is 10.0. The van der Waals surface area contributed by atoms with Crippen molar-refractivity contribution in [3.63, 3.8) is 0 Å². The summed E-state index contributed by atoms with van der Waals surface area (Å²) in [6, 6.07) is 3.14. The topological polar surface area (TPSA) is 50.5 Å². The quantitative estimate of drug-likeness (QED) is 0.539. The van der Waals surface area contributed by atoms with E-state index >= 15 is 0 Å². The summed E-state index contributed by atoms with van der Waals surface area (Å²) in [5, 5.41) is 10.9. The van der Waals surface area contributed by atoms with Crippen LogP contribution in [0.3, 0.4) is 0 Å². The smallest absolute Gasteiger partial charge is 0.254 e. The molecule has 5 heteroatoms. The number of pyridine rings is 1. The van der Waals surface area contributed by atoms with E-state index in [9.17, 15) is 10.0 Å². The van der Waals surface area contributed by atoms with Crippen molar-refractivity contribution < 1.29 is 9.52 Å². The molecular weight excluding hydrogens is 218 g/mol. The van der Waals surface area contributed by atoms with Crippen molar-refractivity contribution in [3.05, 3.63) is 35.3 Å². The summed E-state index contributed by atoms with van der Waals surface area (Å²) in [4.78, 5) is 16.3. The van der Waals surface area contributed by atoms with Gasteiger partial charge >= 0.3 is 0 Å². The molecule has 5 nitrogen and oxygen atoms in total. The summed E-state index contributed by atoms with van der Waals surface area (Å²) in [6.45, 7) is 6.54. The van der Waals surface area contributed by atoms with Crippen LogP contribution in [-0.4, -0.2) is 48.4 Å². The molecule has 1 aromatic heterocycles. The largest absolute Gasteiger partial charge is 0.619 e. The average molecular weight is 235 g/mol. The Morgan fingerprint density at radius 3 is 2.41 bits per heavy atom. The van der Waals surface area contributed by atoms with Crippen LogP contribution in [-0.2, 0) is 0 Å². The van der Waals surface area contributed by atoms with Crippen molar-refractivity contribution in [1.29, 1.82) is 0 Å². The lowest BCUT2D eigenvalue weighted by atomic mass is 10.2. The van der Waals surface area contributed by atoms with Gasteiger partial charge in [0, 0.05) is 38.3 Å². The highest BCUT2D eigenvalue weighted by Gasteiger charge is 2.21. The lowest BCUT2D eigenvalue weighted by Crippen LogP contribution is -2.48. The van der Waals surface area contributed by atoms with Crippen molar-refractivity contribution in [2.24, 2.45) is 0 Å². The molecular formula is C12H17N3O2. The van der Waals surface area contributed by atoms with Crippen LogP contribution in [0.15, 0.2) is 24.5 Å². The van der Waals surface area contributed by atoms with Crippen LogP contribution >= 0.6 is 0 Å². The predicted molar refractivity (Wildman–Crippen MR) is 63.4 cm³/mol. The minimum Gasteiger partial charge on any atom is -0.619 e. The van der Waals surface area contributed by atoms with E-state index in [1.54, 1.807) is 12.1 Å². The number of nitrogens with zero attached hydrogens (tertiary/aromatic N) is 3. The van der Waals surface area contributed by atoms with Gasteiger partial charge in [0.15, 0.2) is 12.4 Å². The van der Waals surface area contributed by atoms with Gasteiger partial charge in [-0.05, 0) is 6.54 Å². The summed E-state index contributed by atoms with van der Waals surface area (Å²) in [7, 11) is 0. The van der Waals surface area contributed by atoms with Gasteiger partial charge in [0.05, 0.1) is 5.56 Å². The van der Waals surface area contributed by atoms with Crippen molar-refractivity contribution in [1.82, 2.24) is 9.80 Å². The van der Waals surface area contributed by atoms with Crippen molar-refractivity contribution in [2.75, 3.05) is 32.7 Å². The number of hydrogen-bond donors (Lipinski definition) is 0. The normalized spacial score (nSPS) is 17.1. The number of likely N-dealkylation sites (N-methyl/N-ethyl adjacent to an activating group) is 1. The lowest BCUT2D eigenvalue weighted by molar-refractivity contribution is -0.605. The van der Waals surface area contributed by atoms with Crippen LogP contribution in [0.25, 0.3) is 0 Å². The summed E-state index contributed by atoms with van der Waals surface area (Å²) in [5.74, 6) is 0.0151. The molecule has 2 rings (SSSR count). The first-order valence-corrected chi connectivity index (χ1v) is 5.91. The van der Waals surface area contributed by atoms with Crippen LogP contribution in [0.2, 0.25) is 0 Å². The maximum Gasteiger partial charge on any atom is 0.254 e. The SMILES string of the molecule is CCN1CCN(C(=O)c2cc[n+]([O-])cc2)CC1. The fourth-order valence-corrected chi connectivity index (χ4v) is 2.01. The number of hydrogen-bond acceptors (Lipinski definition) is 3. The molecule has 1 fully saturated rings. The maximum absolute atomic E-state index is 12.1. The molecule has 0 spiro atoms. The van der Waals surface area contributed by atoms with E-state index in [1.807, 2.05) is 4.90 Å². The molecule has 0 aliphatic carbocycles. The third kappa shape index (κ3) is 2.74. The van der Waals surface area contributed by atoms with Crippen LogP contribution in [0.4, 0.5) is 0 Å². The van der Waals surface area contributed by atoms with Crippen LogP contribution < -0.4 is 4.73 Å². The van der Waals surface area contributed by atoms with E-state index in [-0.39, 0.29) is 5.91 Å². The zero-order valence-electron chi connectivity index (χ0n) is 10.0. The number of piperazine rings is 1. The van der Waals surface area contributed by atoms with Gasteiger partial charge in [-0.3, -0.25) is 4.79 Å². The highest BCUT2D eigenvalue weighted by molar-refractivity contribution is 5.94. The number of rotatable bonds is 2. The summed E-state index contributed by atoms with van der Waals surface area (Å²) < 4.78 is 0.686. The molecule has 92 valence electrons. The second kappa shape index (κ2) is 5.14. The molecule has 0 bridgehead atoms. The lowest BCUT2D eigenvalue weighted by Gasteiger charge is -2.34. The molecule has 1 aliphatic heterocycles. The minimum atomic E-state index is 0.0151. The molecule has 1 saturated heterocycles. The van der Waals surface area contributed by atoms with Crippen molar-refractivity contribution in [3.8, 4) is 0 Å². The standard InChI is InChI=1S/C12H17N3O2/c1-2-13-7-9-14(10-8-13)12(16)11-3-5-15(17)6-4-11/h3-6H,2,7-10H2,1H3. The third-order valence-electron chi connectivity index (χ3n) is 3.16. The zero-order chi connectivity index (χ0) is 12.3. The Morgan fingerprint density at radius 2 is 1.88 bits per heavy atom. The first kappa shape index (κ1) is 11.9. The summed E-state index contributed by atoms with van der Waals surface area (Å²) in [6.07, 6.45) is 2.71. The monoisotopic (exact) mass is 235 g/mol. The summed E-state index contributed by atoms with van der Waals surface area (Å²) >= 11 is 0. The summed E-state index contributed by atoms with van der Waals surface area (Å²) in [5.41, 5.74) is 0.585. The Hall–Kier alpha value is -1.62. The first-order chi connectivity index (χ1) is 8.20. The number of amides is 1. The molecule has 1 aromatic rings. The van der Waals surface area contributed by atoms with Gasteiger partial charge < -0.3 is 15.0 Å². The van der Waals surface area contributed by atoms with E-state index in [2.05, 4.69) is 11.8 Å². The third-order valence-corrected chi connectivity index (χ3v) is 3.16. The second-order valence-corrected chi connectivity index (χ2v) is 4.17. The van der Waals surface area contributed by atoms with Crippen LogP contribution in [0.1, 0.15) is 17.3 Å². The molecule has 0 atom stereocenters. The fraction of sp³-hybridized carbons (Fsp3) is 0.500. The fourth-order valence-electron chi connectivity index (χ4n) is 2.01. The van der Waals surface area contributed by atoms with Gasteiger partial charge in [-0.15, -0.1) is 0 Å². The predicted octanol–water partition coefficient (Wildman–Crippen LogP) is 0.0977. The molecule has 0 unspecified atom stereocenters. The van der Waals surface area contributed by atoms with Crippen LogP contribution in [0, 0.1) is 5.21 Å². The molecule has 1 aliphatic rings. The molecule has 0 N–H and O–H groups in total. The van der Waals surface area contributed by atoms with E-state index in [0.29, 0.717) is 10.3 Å². The molecule has 17 heavy (non-hydrogen) atoms. The van der Waals surface area contributed by atoms with E-state index < -0.39 is 0 Å². The molecule has 2 heterocycles. The Morgan fingerprint density at radius 1 is 1.29 bits per heavy atom. The van der Waals surface area contributed by atoms with E-state index in [0.717, 1.165) is 32.7 Å². The van der Waals surface area contributed by atoms with Crippen LogP contribution in [0.5, 0.6) is 0 Å². The van der Waals surface area contributed by atoms with Gasteiger partial charge in [0.25, 0.3) is 5.91 Å². The number of aromatic nitrogens is 1. The van der Waals surface area contributed by atoms with Gasteiger partial charge in [0.2, 0.25) is 0 Å². The number of carbonyl (C=O) groups is 1. The minimum absolute atomic E-state index is 0.0151. The van der Waals surface area contributed by atoms with Crippen molar-refractivity contribution >= 4 is 5.91 Å². The molecule has 0 aromatic carbocycles. The van der Waals surface area contributed by atoms with Gasteiger partial charge in [-0.1, -0.05) is 6.92 Å². The highest BCUT2D eigenvalue weighted by atomic mass is 16.5. The maximum atomic E-state index is 12.1. The highest BCUT2D eigenvalue weighted by Crippen LogP contribution is 2.07. The Labute approximate surface area is 101 Å². The molecule has 0 radical (unpaired) electrons. The molecule has 0 saturated carbocycles.